The van der Waals surface area contributed by atoms with Crippen molar-refractivity contribution in [1.29, 1.82) is 4.78 Å². The second-order valence-electron chi connectivity index (χ2n) is 5.03. The van der Waals surface area contributed by atoms with Gasteiger partial charge in [-0.1, -0.05) is 11.2 Å². The molecule has 1 unspecified atom stereocenters. The van der Waals surface area contributed by atoms with Crippen molar-refractivity contribution in [2.45, 2.75) is 31.6 Å². The summed E-state index contributed by atoms with van der Waals surface area (Å²) in [5.41, 5.74) is -0.984. The van der Waals surface area contributed by atoms with E-state index in [1.165, 1.54) is 6.07 Å². The summed E-state index contributed by atoms with van der Waals surface area (Å²) < 4.78 is 47.1. The maximum atomic E-state index is 13.5. The maximum absolute atomic E-state index is 13.5. The molecule has 7 heteroatoms. The fourth-order valence-corrected chi connectivity index (χ4v) is 3.32. The summed E-state index contributed by atoms with van der Waals surface area (Å²) in [5.74, 6) is -2.15. The van der Waals surface area contributed by atoms with Gasteiger partial charge in [0.2, 0.25) is 0 Å². The van der Waals surface area contributed by atoms with Crippen molar-refractivity contribution in [3.8, 4) is 0 Å². The molecule has 2 rings (SSSR count). The molecule has 1 atom stereocenters. The van der Waals surface area contributed by atoms with Gasteiger partial charge in [-0.3, -0.25) is 0 Å². The number of hydrogen-bond acceptors (Lipinski definition) is 4. The van der Waals surface area contributed by atoms with Crippen LogP contribution in [-0.2, 0) is 20.3 Å². The highest BCUT2D eigenvalue weighted by molar-refractivity contribution is 8.06. The van der Waals surface area contributed by atoms with Crippen LogP contribution in [0.15, 0.2) is 23.4 Å². The summed E-state index contributed by atoms with van der Waals surface area (Å²) in [6, 6.07) is 3.37. The van der Waals surface area contributed by atoms with Crippen molar-refractivity contribution in [2.24, 2.45) is 5.16 Å². The zero-order valence-corrected chi connectivity index (χ0v) is 11.4. The molecule has 0 bridgehead atoms. The van der Waals surface area contributed by atoms with Crippen molar-refractivity contribution in [3.05, 3.63) is 35.4 Å². The Labute approximate surface area is 110 Å². The third-order valence-corrected chi connectivity index (χ3v) is 4.44. The minimum Gasteiger partial charge on any atom is -0.389 e. The van der Waals surface area contributed by atoms with E-state index in [9.17, 15) is 13.0 Å². The average molecular weight is 288 g/mol. The van der Waals surface area contributed by atoms with Gasteiger partial charge in [-0.2, -0.15) is 0 Å². The second-order valence-corrected chi connectivity index (χ2v) is 7.14. The van der Waals surface area contributed by atoms with E-state index >= 15 is 0 Å². The van der Waals surface area contributed by atoms with E-state index in [-0.39, 0.29) is 17.0 Å². The smallest absolute Gasteiger partial charge is 0.156 e. The van der Waals surface area contributed by atoms with E-state index in [2.05, 4.69) is 5.16 Å². The van der Waals surface area contributed by atoms with E-state index in [1.54, 1.807) is 13.8 Å². The van der Waals surface area contributed by atoms with Gasteiger partial charge in [-0.05, 0) is 26.0 Å². The Balaban J connectivity index is 2.29. The molecule has 1 aromatic rings. The predicted octanol–water partition coefficient (Wildman–Crippen LogP) is 3.02. The minimum atomic E-state index is -3.38. The third kappa shape index (κ3) is 2.91. The maximum Gasteiger partial charge on any atom is 0.156 e. The molecule has 0 radical (unpaired) electrons. The molecule has 0 aromatic heterocycles. The number of nitrogens with one attached hydrogen (secondary N) is 1. The Morgan fingerprint density at radius 1 is 1.42 bits per heavy atom. The molecule has 0 aliphatic carbocycles. The highest BCUT2D eigenvalue weighted by Gasteiger charge is 2.34. The number of halogens is 2. The summed E-state index contributed by atoms with van der Waals surface area (Å²) in [6.45, 7) is 3.48. The van der Waals surface area contributed by atoms with Crippen molar-refractivity contribution < 1.29 is 17.8 Å². The van der Waals surface area contributed by atoms with Crippen LogP contribution in [0.3, 0.4) is 0 Å². The molecule has 0 fully saturated rings. The van der Waals surface area contributed by atoms with Crippen LogP contribution in [0.4, 0.5) is 8.78 Å². The van der Waals surface area contributed by atoms with Gasteiger partial charge in [0.15, 0.2) is 5.04 Å². The number of oxime groups is 1. The molecule has 1 aliphatic heterocycles. The first kappa shape index (κ1) is 13.9. The molecule has 1 heterocycles. The van der Waals surface area contributed by atoms with E-state index < -0.39 is 32.7 Å². The van der Waals surface area contributed by atoms with Crippen molar-refractivity contribution in [1.82, 2.24) is 0 Å². The first-order chi connectivity index (χ1) is 8.71. The Morgan fingerprint density at radius 3 is 2.47 bits per heavy atom. The summed E-state index contributed by atoms with van der Waals surface area (Å²) in [6.07, 6.45) is 0.214. The van der Waals surface area contributed by atoms with Crippen molar-refractivity contribution in [2.75, 3.05) is 0 Å². The van der Waals surface area contributed by atoms with Crippen molar-refractivity contribution >= 4 is 14.8 Å². The lowest BCUT2D eigenvalue weighted by molar-refractivity contribution is 0.0123. The van der Waals surface area contributed by atoms with Crippen LogP contribution in [0.5, 0.6) is 0 Å². The fourth-order valence-electron chi connectivity index (χ4n) is 1.74. The quantitative estimate of drug-likeness (QED) is 0.909. The first-order valence-corrected chi connectivity index (χ1v) is 7.38. The first-order valence-electron chi connectivity index (χ1n) is 5.66. The minimum absolute atomic E-state index is 0.0418. The normalized spacial score (nSPS) is 20.5. The zero-order chi connectivity index (χ0) is 14.3. The van der Waals surface area contributed by atoms with E-state index in [4.69, 9.17) is 9.62 Å². The SMILES string of the molecule is CC1(C)CC(S(=N)(=O)Cc2c(F)cccc2F)=NO1. The standard InChI is InChI=1S/C12H14F2N2O2S/c1-12(2)6-11(16-18-12)19(15,17)7-8-9(13)4-3-5-10(8)14/h3-5,15H,6-7H2,1-2H3. The van der Waals surface area contributed by atoms with Gasteiger partial charge in [-0.15, -0.1) is 0 Å². The molecule has 0 spiro atoms. The number of benzene rings is 1. The number of nitrogens with zero attached hydrogens (tertiary/aromatic N) is 1. The lowest BCUT2D eigenvalue weighted by Crippen LogP contribution is -2.23. The average Bonchev–Trinajstić information content (AvgIpc) is 2.65. The topological polar surface area (TPSA) is 62.5 Å². The van der Waals surface area contributed by atoms with Gasteiger partial charge in [-0.25, -0.2) is 17.8 Å². The largest absolute Gasteiger partial charge is 0.389 e. The lowest BCUT2D eigenvalue weighted by Gasteiger charge is -2.14. The van der Waals surface area contributed by atoms with Gasteiger partial charge in [0.05, 0.1) is 15.5 Å². The molecule has 0 amide bonds. The van der Waals surface area contributed by atoms with Crippen molar-refractivity contribution in [3.63, 3.8) is 0 Å². The molecule has 4 nitrogen and oxygen atoms in total. The van der Waals surface area contributed by atoms with Gasteiger partial charge < -0.3 is 4.84 Å². The molecule has 1 N–H and O–H groups in total. The molecular weight excluding hydrogens is 274 g/mol. The Hall–Kier alpha value is -1.50. The highest BCUT2D eigenvalue weighted by Crippen LogP contribution is 2.27. The summed E-state index contributed by atoms with van der Waals surface area (Å²) >= 11 is 0. The van der Waals surface area contributed by atoms with E-state index in [1.807, 2.05) is 0 Å². The van der Waals surface area contributed by atoms with Gasteiger partial charge >= 0.3 is 0 Å². The fraction of sp³-hybridized carbons (Fsp3) is 0.417. The van der Waals surface area contributed by atoms with E-state index in [0.29, 0.717) is 0 Å². The van der Waals surface area contributed by atoms with Crippen LogP contribution in [-0.4, -0.2) is 14.9 Å². The third-order valence-electron chi connectivity index (χ3n) is 2.76. The Kier molecular flexibility index (Phi) is 3.34. The van der Waals surface area contributed by atoms with Crippen LogP contribution in [0.1, 0.15) is 25.8 Å². The van der Waals surface area contributed by atoms with Crippen LogP contribution in [0.2, 0.25) is 0 Å². The Bertz CT molecular complexity index is 619. The zero-order valence-electron chi connectivity index (χ0n) is 10.6. The van der Waals surface area contributed by atoms with Crippen LogP contribution in [0, 0.1) is 16.4 Å². The molecule has 104 valence electrons. The highest BCUT2D eigenvalue weighted by atomic mass is 32.2. The molecular formula is C12H14F2N2O2S. The molecule has 0 saturated heterocycles. The monoisotopic (exact) mass is 288 g/mol. The predicted molar refractivity (Wildman–Crippen MR) is 68.1 cm³/mol. The molecule has 1 aliphatic rings. The van der Waals surface area contributed by atoms with Crippen LogP contribution >= 0.6 is 0 Å². The number of rotatable bonds is 2. The van der Waals surface area contributed by atoms with Gasteiger partial charge in [0.25, 0.3) is 0 Å². The summed E-state index contributed by atoms with van der Waals surface area (Å²) in [7, 11) is -3.38. The number of hydrogen-bond donors (Lipinski definition) is 1. The van der Waals surface area contributed by atoms with E-state index in [0.717, 1.165) is 12.1 Å². The second kappa shape index (κ2) is 4.56. The Morgan fingerprint density at radius 2 is 2.00 bits per heavy atom. The molecule has 0 saturated carbocycles. The summed E-state index contributed by atoms with van der Waals surface area (Å²) in [4.78, 5) is 5.04. The lowest BCUT2D eigenvalue weighted by atomic mass is 10.1. The van der Waals surface area contributed by atoms with Crippen LogP contribution in [0.25, 0.3) is 0 Å². The van der Waals surface area contributed by atoms with Crippen LogP contribution < -0.4 is 0 Å². The molecule has 1 aromatic carbocycles. The molecule has 19 heavy (non-hydrogen) atoms. The summed E-state index contributed by atoms with van der Waals surface area (Å²) in [5, 5.41) is 3.67. The van der Waals surface area contributed by atoms with Gasteiger partial charge in [0, 0.05) is 12.0 Å². The van der Waals surface area contributed by atoms with Gasteiger partial charge in [0.1, 0.15) is 17.2 Å².